The molecule has 0 spiro atoms. The van der Waals surface area contributed by atoms with Crippen molar-refractivity contribution >= 4 is 38.1 Å². The molecule has 0 saturated carbocycles. The first kappa shape index (κ1) is 20.8. The Labute approximate surface area is 194 Å². The number of nitrogens with zero attached hydrogens (tertiary/aromatic N) is 2. The SMILES string of the molecule is COc1ccc(-c2cn3c(n2)sc2cc(C(=O)Nc4cc(OC)ccc4OC)ccc23)cc1. The lowest BCUT2D eigenvalue weighted by Crippen LogP contribution is -2.12. The summed E-state index contributed by atoms with van der Waals surface area (Å²) in [6, 6.07) is 18.7. The number of amides is 1. The zero-order valence-electron chi connectivity index (χ0n) is 18.3. The number of hydrogen-bond acceptors (Lipinski definition) is 6. The van der Waals surface area contributed by atoms with E-state index in [-0.39, 0.29) is 5.91 Å². The predicted molar refractivity (Wildman–Crippen MR) is 130 cm³/mol. The third-order valence-electron chi connectivity index (χ3n) is 5.40. The fraction of sp³-hybridized carbons (Fsp3) is 0.120. The van der Waals surface area contributed by atoms with Crippen LogP contribution in [-0.2, 0) is 0 Å². The van der Waals surface area contributed by atoms with Crippen LogP contribution < -0.4 is 19.5 Å². The highest BCUT2D eigenvalue weighted by Gasteiger charge is 2.15. The molecule has 0 saturated heterocycles. The number of fused-ring (bicyclic) bond motifs is 3. The van der Waals surface area contributed by atoms with Gasteiger partial charge in [-0.3, -0.25) is 9.20 Å². The lowest BCUT2D eigenvalue weighted by atomic mass is 10.1. The van der Waals surface area contributed by atoms with E-state index < -0.39 is 0 Å². The number of hydrogen-bond donors (Lipinski definition) is 1. The molecule has 5 rings (SSSR count). The average Bonchev–Trinajstić information content (AvgIpc) is 3.41. The Morgan fingerprint density at radius 2 is 1.67 bits per heavy atom. The van der Waals surface area contributed by atoms with Gasteiger partial charge < -0.3 is 19.5 Å². The molecular formula is C25H21N3O4S. The van der Waals surface area contributed by atoms with Gasteiger partial charge in [-0.15, -0.1) is 0 Å². The number of imidazole rings is 1. The Kier molecular flexibility index (Phi) is 5.35. The molecule has 8 heteroatoms. The van der Waals surface area contributed by atoms with Gasteiger partial charge in [-0.1, -0.05) is 11.3 Å². The van der Waals surface area contributed by atoms with E-state index in [4.69, 9.17) is 19.2 Å². The van der Waals surface area contributed by atoms with Crippen LogP contribution in [0.25, 0.3) is 26.4 Å². The molecule has 5 aromatic rings. The number of rotatable bonds is 6. The zero-order chi connectivity index (χ0) is 22.9. The lowest BCUT2D eigenvalue weighted by molar-refractivity contribution is 0.102. The van der Waals surface area contributed by atoms with Crippen LogP contribution in [0.2, 0.25) is 0 Å². The van der Waals surface area contributed by atoms with Crippen molar-refractivity contribution in [1.82, 2.24) is 9.38 Å². The molecule has 2 heterocycles. The van der Waals surface area contributed by atoms with E-state index in [1.165, 1.54) is 11.3 Å². The highest BCUT2D eigenvalue weighted by atomic mass is 32.1. The molecule has 0 unspecified atom stereocenters. The standard InChI is InChI=1S/C25H21N3O4S/c1-30-17-7-4-15(5-8-17)20-14-28-21-10-6-16(12-23(21)33-25(28)27-20)24(29)26-19-13-18(31-2)9-11-22(19)32-3/h4-14H,1-3H3,(H,26,29). The third kappa shape index (κ3) is 3.85. The van der Waals surface area contributed by atoms with Crippen LogP contribution in [0.4, 0.5) is 5.69 Å². The summed E-state index contributed by atoms with van der Waals surface area (Å²) in [5.74, 6) is 1.77. The maximum absolute atomic E-state index is 12.9. The largest absolute Gasteiger partial charge is 0.497 e. The topological polar surface area (TPSA) is 74.1 Å². The van der Waals surface area contributed by atoms with Gasteiger partial charge in [0.15, 0.2) is 4.96 Å². The predicted octanol–water partition coefficient (Wildman–Crippen LogP) is 5.49. The van der Waals surface area contributed by atoms with Gasteiger partial charge in [-0.2, -0.15) is 0 Å². The van der Waals surface area contributed by atoms with E-state index in [0.29, 0.717) is 22.7 Å². The maximum Gasteiger partial charge on any atom is 0.255 e. The number of aromatic nitrogens is 2. The van der Waals surface area contributed by atoms with Crippen LogP contribution in [0.5, 0.6) is 17.2 Å². The number of carbonyl (C=O) groups is 1. The second kappa shape index (κ2) is 8.48. The molecule has 0 aliphatic rings. The van der Waals surface area contributed by atoms with Gasteiger partial charge in [0.2, 0.25) is 0 Å². The molecule has 0 bridgehead atoms. The summed E-state index contributed by atoms with van der Waals surface area (Å²) >= 11 is 1.54. The summed E-state index contributed by atoms with van der Waals surface area (Å²) in [5.41, 5.74) is 4.00. The number of carbonyl (C=O) groups excluding carboxylic acids is 1. The fourth-order valence-electron chi connectivity index (χ4n) is 3.65. The summed E-state index contributed by atoms with van der Waals surface area (Å²) < 4.78 is 18.9. The summed E-state index contributed by atoms with van der Waals surface area (Å²) in [4.78, 5) is 18.6. The van der Waals surface area contributed by atoms with Crippen molar-refractivity contribution in [1.29, 1.82) is 0 Å². The fourth-order valence-corrected chi connectivity index (χ4v) is 4.70. The molecule has 7 nitrogen and oxygen atoms in total. The Balaban J connectivity index is 1.44. The van der Waals surface area contributed by atoms with Gasteiger partial charge >= 0.3 is 0 Å². The van der Waals surface area contributed by atoms with Gasteiger partial charge in [-0.25, -0.2) is 4.98 Å². The Morgan fingerprint density at radius 3 is 2.39 bits per heavy atom. The van der Waals surface area contributed by atoms with Crippen molar-refractivity contribution in [2.24, 2.45) is 0 Å². The number of nitrogens with one attached hydrogen (secondary N) is 1. The average molecular weight is 460 g/mol. The number of benzene rings is 3. The van der Waals surface area contributed by atoms with Gasteiger partial charge in [0.05, 0.1) is 42.9 Å². The second-order valence-electron chi connectivity index (χ2n) is 7.31. The van der Waals surface area contributed by atoms with E-state index in [0.717, 1.165) is 32.2 Å². The van der Waals surface area contributed by atoms with Crippen LogP contribution >= 0.6 is 11.3 Å². The molecule has 0 aliphatic heterocycles. The number of methoxy groups -OCH3 is 3. The first-order chi connectivity index (χ1) is 16.1. The summed E-state index contributed by atoms with van der Waals surface area (Å²) in [6.07, 6.45) is 2.01. The van der Waals surface area contributed by atoms with Gasteiger partial charge in [0.1, 0.15) is 17.2 Å². The normalized spacial score (nSPS) is 11.0. The van der Waals surface area contributed by atoms with Crippen LogP contribution in [0.3, 0.4) is 0 Å². The highest BCUT2D eigenvalue weighted by molar-refractivity contribution is 7.23. The van der Waals surface area contributed by atoms with Crippen molar-refractivity contribution < 1.29 is 19.0 Å². The van der Waals surface area contributed by atoms with E-state index >= 15 is 0 Å². The maximum atomic E-state index is 12.9. The Hall–Kier alpha value is -4.04. The van der Waals surface area contributed by atoms with Crippen molar-refractivity contribution in [2.45, 2.75) is 0 Å². The molecule has 33 heavy (non-hydrogen) atoms. The first-order valence-corrected chi connectivity index (χ1v) is 11.0. The molecule has 0 atom stereocenters. The monoisotopic (exact) mass is 459 g/mol. The van der Waals surface area contributed by atoms with Crippen LogP contribution in [-0.4, -0.2) is 36.6 Å². The van der Waals surface area contributed by atoms with Crippen molar-refractivity contribution in [3.63, 3.8) is 0 Å². The van der Waals surface area contributed by atoms with Crippen molar-refractivity contribution in [3.8, 4) is 28.5 Å². The first-order valence-electron chi connectivity index (χ1n) is 10.2. The van der Waals surface area contributed by atoms with Gasteiger partial charge in [-0.05, 0) is 54.6 Å². The summed E-state index contributed by atoms with van der Waals surface area (Å²) in [6.45, 7) is 0. The van der Waals surface area contributed by atoms with Crippen molar-refractivity contribution in [3.05, 3.63) is 72.4 Å². The van der Waals surface area contributed by atoms with Gasteiger partial charge in [0.25, 0.3) is 5.91 Å². The van der Waals surface area contributed by atoms with Crippen molar-refractivity contribution in [2.75, 3.05) is 26.6 Å². The molecule has 0 radical (unpaired) electrons. The lowest BCUT2D eigenvalue weighted by Gasteiger charge is -2.11. The number of anilines is 1. The molecule has 1 N–H and O–H groups in total. The van der Waals surface area contributed by atoms with Crippen LogP contribution in [0.15, 0.2) is 66.9 Å². The quantitative estimate of drug-likeness (QED) is 0.363. The summed E-state index contributed by atoms with van der Waals surface area (Å²) in [7, 11) is 4.79. The zero-order valence-corrected chi connectivity index (χ0v) is 19.1. The smallest absolute Gasteiger partial charge is 0.255 e. The van der Waals surface area contributed by atoms with E-state index in [1.54, 1.807) is 39.5 Å². The van der Waals surface area contributed by atoms with Gasteiger partial charge in [0, 0.05) is 23.4 Å². The third-order valence-corrected chi connectivity index (χ3v) is 6.41. The highest BCUT2D eigenvalue weighted by Crippen LogP contribution is 2.32. The Morgan fingerprint density at radius 1 is 0.909 bits per heavy atom. The summed E-state index contributed by atoms with van der Waals surface area (Å²) in [5, 5.41) is 2.91. The van der Waals surface area contributed by atoms with E-state index in [2.05, 4.69) is 5.32 Å². The minimum Gasteiger partial charge on any atom is -0.497 e. The van der Waals surface area contributed by atoms with E-state index in [1.807, 2.05) is 53.1 Å². The molecular weight excluding hydrogens is 438 g/mol. The Bertz CT molecular complexity index is 1470. The molecule has 1 amide bonds. The molecule has 0 aliphatic carbocycles. The van der Waals surface area contributed by atoms with Crippen LogP contribution in [0.1, 0.15) is 10.4 Å². The second-order valence-corrected chi connectivity index (χ2v) is 8.32. The minimum absolute atomic E-state index is 0.228. The molecule has 3 aromatic carbocycles. The molecule has 166 valence electrons. The number of thiazole rings is 1. The molecule has 2 aromatic heterocycles. The number of ether oxygens (including phenoxy) is 3. The van der Waals surface area contributed by atoms with Crippen LogP contribution in [0, 0.1) is 0 Å². The van der Waals surface area contributed by atoms with E-state index in [9.17, 15) is 4.79 Å². The minimum atomic E-state index is -0.228. The molecule has 0 fully saturated rings.